The lowest BCUT2D eigenvalue weighted by Gasteiger charge is -2.05. The molecule has 3 nitrogen and oxygen atoms in total. The SMILES string of the molecule is C=CCOc1cc(CNCC)ccn1. The molecule has 0 aromatic carbocycles. The molecule has 0 spiro atoms. The monoisotopic (exact) mass is 192 g/mol. The second-order valence-electron chi connectivity index (χ2n) is 2.88. The van der Waals surface area contributed by atoms with Crippen LogP contribution in [0.5, 0.6) is 5.88 Å². The molecule has 0 aliphatic carbocycles. The molecule has 1 rings (SSSR count). The first-order valence-electron chi connectivity index (χ1n) is 4.76. The van der Waals surface area contributed by atoms with Gasteiger partial charge in [-0.3, -0.25) is 0 Å². The zero-order valence-electron chi connectivity index (χ0n) is 8.49. The highest BCUT2D eigenvalue weighted by Crippen LogP contribution is 2.08. The van der Waals surface area contributed by atoms with Gasteiger partial charge in [-0.25, -0.2) is 4.98 Å². The third-order valence-corrected chi connectivity index (χ3v) is 1.73. The van der Waals surface area contributed by atoms with Crippen LogP contribution in [0.25, 0.3) is 0 Å². The number of rotatable bonds is 6. The van der Waals surface area contributed by atoms with E-state index in [4.69, 9.17) is 4.74 Å². The average Bonchev–Trinajstić information content (AvgIpc) is 2.24. The Balaban J connectivity index is 2.54. The Morgan fingerprint density at radius 3 is 3.21 bits per heavy atom. The van der Waals surface area contributed by atoms with Crippen LogP contribution in [0.15, 0.2) is 31.0 Å². The van der Waals surface area contributed by atoms with E-state index in [0.717, 1.165) is 13.1 Å². The predicted molar refractivity (Wildman–Crippen MR) is 57.3 cm³/mol. The maximum absolute atomic E-state index is 5.32. The summed E-state index contributed by atoms with van der Waals surface area (Å²) >= 11 is 0. The highest BCUT2D eigenvalue weighted by molar-refractivity contribution is 5.20. The first-order valence-corrected chi connectivity index (χ1v) is 4.76. The molecule has 1 aromatic heterocycles. The van der Waals surface area contributed by atoms with Crippen LogP contribution < -0.4 is 10.1 Å². The standard InChI is InChI=1S/C11H16N2O/c1-3-7-14-11-8-10(5-6-13-11)9-12-4-2/h3,5-6,8,12H,1,4,7,9H2,2H3. The zero-order valence-corrected chi connectivity index (χ0v) is 8.49. The van der Waals surface area contributed by atoms with Crippen molar-refractivity contribution in [2.75, 3.05) is 13.2 Å². The Hall–Kier alpha value is -1.35. The van der Waals surface area contributed by atoms with Crippen molar-refractivity contribution in [3.63, 3.8) is 0 Å². The van der Waals surface area contributed by atoms with Crippen LogP contribution in [0.4, 0.5) is 0 Å². The van der Waals surface area contributed by atoms with E-state index in [1.165, 1.54) is 5.56 Å². The highest BCUT2D eigenvalue weighted by Gasteiger charge is 1.96. The molecule has 14 heavy (non-hydrogen) atoms. The van der Waals surface area contributed by atoms with E-state index >= 15 is 0 Å². The van der Waals surface area contributed by atoms with E-state index < -0.39 is 0 Å². The molecule has 0 saturated heterocycles. The second-order valence-corrected chi connectivity index (χ2v) is 2.88. The molecule has 0 bridgehead atoms. The number of aromatic nitrogens is 1. The van der Waals surface area contributed by atoms with Crippen molar-refractivity contribution in [3.8, 4) is 5.88 Å². The Bertz CT molecular complexity index is 286. The largest absolute Gasteiger partial charge is 0.473 e. The van der Waals surface area contributed by atoms with Crippen molar-refractivity contribution < 1.29 is 4.74 Å². The fraction of sp³-hybridized carbons (Fsp3) is 0.364. The Morgan fingerprint density at radius 2 is 2.50 bits per heavy atom. The number of pyridine rings is 1. The molecule has 1 N–H and O–H groups in total. The Labute approximate surface area is 84.8 Å². The molecule has 0 aliphatic rings. The molecule has 0 fully saturated rings. The summed E-state index contributed by atoms with van der Waals surface area (Å²) in [5.74, 6) is 0.653. The summed E-state index contributed by atoms with van der Waals surface area (Å²) in [6.45, 7) is 7.97. The van der Waals surface area contributed by atoms with Crippen LogP contribution in [0.2, 0.25) is 0 Å². The van der Waals surface area contributed by atoms with Crippen molar-refractivity contribution in [2.24, 2.45) is 0 Å². The molecule has 1 aromatic rings. The minimum Gasteiger partial charge on any atom is -0.473 e. The summed E-state index contributed by atoms with van der Waals surface area (Å²) < 4.78 is 5.32. The summed E-state index contributed by atoms with van der Waals surface area (Å²) in [4.78, 5) is 4.09. The van der Waals surface area contributed by atoms with Gasteiger partial charge < -0.3 is 10.1 Å². The van der Waals surface area contributed by atoms with Gasteiger partial charge in [-0.2, -0.15) is 0 Å². The summed E-state index contributed by atoms with van der Waals surface area (Å²) in [5.41, 5.74) is 1.18. The van der Waals surface area contributed by atoms with Crippen LogP contribution >= 0.6 is 0 Å². The molecule has 0 amide bonds. The van der Waals surface area contributed by atoms with E-state index in [1.54, 1.807) is 12.3 Å². The van der Waals surface area contributed by atoms with Gasteiger partial charge in [-0.1, -0.05) is 19.6 Å². The molecule has 0 unspecified atom stereocenters. The molecule has 0 radical (unpaired) electrons. The van der Waals surface area contributed by atoms with Crippen LogP contribution in [0.3, 0.4) is 0 Å². The van der Waals surface area contributed by atoms with E-state index in [2.05, 4.69) is 23.8 Å². The van der Waals surface area contributed by atoms with Crippen molar-refractivity contribution in [1.82, 2.24) is 10.3 Å². The number of ether oxygens (including phenoxy) is 1. The fourth-order valence-corrected chi connectivity index (χ4v) is 1.05. The topological polar surface area (TPSA) is 34.1 Å². The Morgan fingerprint density at radius 1 is 1.64 bits per heavy atom. The van der Waals surface area contributed by atoms with Gasteiger partial charge >= 0.3 is 0 Å². The molecular weight excluding hydrogens is 176 g/mol. The summed E-state index contributed by atoms with van der Waals surface area (Å²) in [6.07, 6.45) is 3.46. The van der Waals surface area contributed by atoms with Gasteiger partial charge in [0.1, 0.15) is 6.61 Å². The van der Waals surface area contributed by atoms with Gasteiger partial charge in [0.15, 0.2) is 0 Å². The average molecular weight is 192 g/mol. The normalized spacial score (nSPS) is 9.79. The molecule has 0 aliphatic heterocycles. The minimum atomic E-state index is 0.498. The maximum Gasteiger partial charge on any atom is 0.213 e. The van der Waals surface area contributed by atoms with E-state index in [1.807, 2.05) is 12.1 Å². The van der Waals surface area contributed by atoms with Crippen LogP contribution in [0, 0.1) is 0 Å². The summed E-state index contributed by atoms with van der Waals surface area (Å²) in [7, 11) is 0. The van der Waals surface area contributed by atoms with Crippen molar-refractivity contribution in [2.45, 2.75) is 13.5 Å². The lowest BCUT2D eigenvalue weighted by Crippen LogP contribution is -2.11. The first-order chi connectivity index (χ1) is 6.86. The highest BCUT2D eigenvalue weighted by atomic mass is 16.5. The molecule has 3 heteroatoms. The zero-order chi connectivity index (χ0) is 10.2. The third kappa shape index (κ3) is 3.58. The lowest BCUT2D eigenvalue weighted by molar-refractivity contribution is 0.348. The summed E-state index contributed by atoms with van der Waals surface area (Å²) in [6, 6.07) is 3.91. The quantitative estimate of drug-likeness (QED) is 0.697. The van der Waals surface area contributed by atoms with Crippen molar-refractivity contribution in [3.05, 3.63) is 36.5 Å². The van der Waals surface area contributed by atoms with Crippen molar-refractivity contribution >= 4 is 0 Å². The number of nitrogens with one attached hydrogen (secondary N) is 1. The molecule has 1 heterocycles. The molecular formula is C11H16N2O. The van der Waals surface area contributed by atoms with Gasteiger partial charge in [0.2, 0.25) is 5.88 Å². The second kappa shape index (κ2) is 6.16. The number of nitrogens with zero attached hydrogens (tertiary/aromatic N) is 1. The van der Waals surface area contributed by atoms with Crippen LogP contribution in [-0.4, -0.2) is 18.1 Å². The van der Waals surface area contributed by atoms with Crippen LogP contribution in [-0.2, 0) is 6.54 Å². The number of hydrogen-bond donors (Lipinski definition) is 1. The molecule has 0 atom stereocenters. The first kappa shape index (κ1) is 10.7. The van der Waals surface area contributed by atoms with Gasteiger partial charge in [0, 0.05) is 18.8 Å². The van der Waals surface area contributed by atoms with E-state index in [9.17, 15) is 0 Å². The number of hydrogen-bond acceptors (Lipinski definition) is 3. The van der Waals surface area contributed by atoms with Crippen molar-refractivity contribution in [1.29, 1.82) is 0 Å². The van der Waals surface area contributed by atoms with E-state index in [0.29, 0.717) is 12.5 Å². The van der Waals surface area contributed by atoms with E-state index in [-0.39, 0.29) is 0 Å². The maximum atomic E-state index is 5.32. The van der Waals surface area contributed by atoms with Gasteiger partial charge in [-0.05, 0) is 18.2 Å². The summed E-state index contributed by atoms with van der Waals surface area (Å²) in [5, 5.41) is 3.24. The minimum absolute atomic E-state index is 0.498. The Kier molecular flexibility index (Phi) is 4.72. The van der Waals surface area contributed by atoms with Gasteiger partial charge in [0.05, 0.1) is 0 Å². The smallest absolute Gasteiger partial charge is 0.213 e. The molecule has 0 saturated carbocycles. The fourth-order valence-electron chi connectivity index (χ4n) is 1.05. The lowest BCUT2D eigenvalue weighted by atomic mass is 10.2. The molecule has 76 valence electrons. The van der Waals surface area contributed by atoms with Gasteiger partial charge in [0.25, 0.3) is 0 Å². The predicted octanol–water partition coefficient (Wildman–Crippen LogP) is 1.76. The third-order valence-electron chi connectivity index (χ3n) is 1.73. The van der Waals surface area contributed by atoms with Crippen LogP contribution in [0.1, 0.15) is 12.5 Å². The van der Waals surface area contributed by atoms with Gasteiger partial charge in [-0.15, -0.1) is 0 Å².